The van der Waals surface area contributed by atoms with E-state index in [9.17, 15) is 4.57 Å². The molecule has 3 N–H and O–H groups in total. The molecule has 3 rings (SSSR count). The van der Waals surface area contributed by atoms with Gasteiger partial charge in [0.2, 0.25) is 0 Å². The van der Waals surface area contributed by atoms with Gasteiger partial charge in [-0.1, -0.05) is 18.2 Å². The van der Waals surface area contributed by atoms with Crippen molar-refractivity contribution in [3.63, 3.8) is 0 Å². The first-order valence-corrected chi connectivity index (χ1v) is 8.68. The molecule has 0 amide bonds. The summed E-state index contributed by atoms with van der Waals surface area (Å²) in [6.07, 6.45) is 1.51. The molecule has 0 fully saturated rings. The molecule has 1 aromatic heterocycles. The maximum Gasteiger partial charge on any atom is 0.325 e. The molecule has 2 heterocycles. The van der Waals surface area contributed by atoms with Gasteiger partial charge in [0, 0.05) is 29.7 Å². The number of rotatable bonds is 4. The Labute approximate surface area is 117 Å². The average Bonchev–Trinajstić information content (AvgIpc) is 2.74. The molecule has 0 unspecified atom stereocenters. The zero-order valence-electron chi connectivity index (χ0n) is 11.2. The lowest BCUT2D eigenvalue weighted by Gasteiger charge is -2.26. The molecule has 1 aliphatic heterocycles. The van der Waals surface area contributed by atoms with Gasteiger partial charge in [-0.2, -0.15) is 0 Å². The summed E-state index contributed by atoms with van der Waals surface area (Å²) in [6, 6.07) is 8.32. The molecule has 20 heavy (non-hydrogen) atoms. The minimum absolute atomic E-state index is 0.0247. The van der Waals surface area contributed by atoms with Gasteiger partial charge in [0.05, 0.1) is 6.16 Å². The number of aromatic nitrogens is 1. The molecule has 1 aliphatic rings. The summed E-state index contributed by atoms with van der Waals surface area (Å²) in [4.78, 5) is 23.5. The number of H-pyrrole nitrogens is 1. The van der Waals surface area contributed by atoms with Crippen molar-refractivity contribution in [1.82, 2.24) is 9.88 Å². The van der Waals surface area contributed by atoms with Crippen LogP contribution in [0, 0.1) is 0 Å². The monoisotopic (exact) mass is 294 g/mol. The Kier molecular flexibility index (Phi) is 3.69. The lowest BCUT2D eigenvalue weighted by Crippen LogP contribution is -2.31. The van der Waals surface area contributed by atoms with Crippen LogP contribution < -0.4 is 0 Å². The van der Waals surface area contributed by atoms with Crippen molar-refractivity contribution in [1.29, 1.82) is 0 Å². The number of benzene rings is 1. The largest absolute Gasteiger partial charge is 0.357 e. The molecule has 108 valence electrons. The highest BCUT2D eigenvalue weighted by atomic mass is 31.2. The van der Waals surface area contributed by atoms with E-state index in [4.69, 9.17) is 9.79 Å². The highest BCUT2D eigenvalue weighted by molar-refractivity contribution is 7.51. The third-order valence-electron chi connectivity index (χ3n) is 3.89. The Bertz CT molecular complexity index is 661. The third-order valence-corrected chi connectivity index (χ3v) is 4.78. The second-order valence-corrected chi connectivity index (χ2v) is 7.17. The SMILES string of the molecule is O=P(O)(O)CCCN1CCc2c([nH]c3ccccc23)C1. The van der Waals surface area contributed by atoms with Crippen molar-refractivity contribution in [3.8, 4) is 0 Å². The molecule has 2 aromatic rings. The van der Waals surface area contributed by atoms with Crippen LogP contribution in [0.15, 0.2) is 24.3 Å². The van der Waals surface area contributed by atoms with Crippen LogP contribution in [-0.2, 0) is 17.5 Å². The number of aromatic amines is 1. The summed E-state index contributed by atoms with van der Waals surface area (Å²) < 4.78 is 10.9. The van der Waals surface area contributed by atoms with Crippen molar-refractivity contribution in [2.24, 2.45) is 0 Å². The first-order chi connectivity index (χ1) is 9.53. The summed E-state index contributed by atoms with van der Waals surface area (Å²) in [6.45, 7) is 2.53. The zero-order valence-corrected chi connectivity index (χ0v) is 12.1. The van der Waals surface area contributed by atoms with Crippen molar-refractivity contribution >= 4 is 18.5 Å². The lowest BCUT2D eigenvalue weighted by molar-refractivity contribution is 0.250. The van der Waals surface area contributed by atoms with Gasteiger partial charge in [0.25, 0.3) is 0 Å². The van der Waals surface area contributed by atoms with Gasteiger partial charge in [0.15, 0.2) is 0 Å². The summed E-state index contributed by atoms with van der Waals surface area (Å²) >= 11 is 0. The van der Waals surface area contributed by atoms with Crippen LogP contribution in [0.4, 0.5) is 0 Å². The Balaban J connectivity index is 1.68. The van der Waals surface area contributed by atoms with E-state index in [2.05, 4.69) is 28.1 Å². The normalized spacial score (nSPS) is 16.5. The number of nitrogens with zero attached hydrogens (tertiary/aromatic N) is 1. The van der Waals surface area contributed by atoms with Crippen molar-refractivity contribution in [2.45, 2.75) is 19.4 Å². The quantitative estimate of drug-likeness (QED) is 0.755. The number of hydrogen-bond donors (Lipinski definition) is 3. The summed E-state index contributed by atoms with van der Waals surface area (Å²) in [7, 11) is -3.86. The molecule has 0 aliphatic carbocycles. The van der Waals surface area contributed by atoms with E-state index >= 15 is 0 Å². The van der Waals surface area contributed by atoms with E-state index < -0.39 is 7.60 Å². The minimum Gasteiger partial charge on any atom is -0.357 e. The van der Waals surface area contributed by atoms with E-state index in [1.54, 1.807) is 0 Å². The van der Waals surface area contributed by atoms with Gasteiger partial charge in [0.1, 0.15) is 0 Å². The van der Waals surface area contributed by atoms with Gasteiger partial charge < -0.3 is 14.8 Å². The van der Waals surface area contributed by atoms with Crippen LogP contribution in [0.25, 0.3) is 10.9 Å². The van der Waals surface area contributed by atoms with Crippen LogP contribution >= 0.6 is 7.60 Å². The van der Waals surface area contributed by atoms with Crippen molar-refractivity contribution < 1.29 is 14.4 Å². The fraction of sp³-hybridized carbons (Fsp3) is 0.429. The minimum atomic E-state index is -3.86. The van der Waals surface area contributed by atoms with Gasteiger partial charge in [-0.3, -0.25) is 9.46 Å². The average molecular weight is 294 g/mol. The van der Waals surface area contributed by atoms with Gasteiger partial charge in [-0.05, 0) is 31.0 Å². The van der Waals surface area contributed by atoms with Gasteiger partial charge in [-0.15, -0.1) is 0 Å². The molecule has 0 saturated heterocycles. The fourth-order valence-electron chi connectivity index (χ4n) is 2.94. The van der Waals surface area contributed by atoms with E-state index in [0.29, 0.717) is 6.42 Å². The first kappa shape index (κ1) is 13.8. The smallest absolute Gasteiger partial charge is 0.325 e. The third kappa shape index (κ3) is 2.96. The molecule has 5 nitrogen and oxygen atoms in total. The Morgan fingerprint density at radius 2 is 2.10 bits per heavy atom. The molecule has 0 saturated carbocycles. The van der Waals surface area contributed by atoms with E-state index in [1.165, 1.54) is 22.2 Å². The number of nitrogens with one attached hydrogen (secondary N) is 1. The maximum absolute atomic E-state index is 10.9. The second kappa shape index (κ2) is 5.34. The molecular weight excluding hydrogens is 275 g/mol. The molecule has 0 bridgehead atoms. The highest BCUT2D eigenvalue weighted by Crippen LogP contribution is 2.35. The lowest BCUT2D eigenvalue weighted by atomic mass is 10.0. The molecule has 1 aromatic carbocycles. The Morgan fingerprint density at radius 1 is 1.30 bits per heavy atom. The number of hydrogen-bond acceptors (Lipinski definition) is 2. The number of fused-ring (bicyclic) bond motifs is 3. The highest BCUT2D eigenvalue weighted by Gasteiger charge is 2.21. The van der Waals surface area contributed by atoms with Gasteiger partial charge >= 0.3 is 7.60 Å². The second-order valence-electron chi connectivity index (χ2n) is 5.40. The topological polar surface area (TPSA) is 76.6 Å². The van der Waals surface area contributed by atoms with Crippen LogP contribution in [0.1, 0.15) is 17.7 Å². The van der Waals surface area contributed by atoms with Crippen LogP contribution in [0.3, 0.4) is 0 Å². The Morgan fingerprint density at radius 3 is 2.90 bits per heavy atom. The zero-order chi connectivity index (χ0) is 14.2. The molecule has 0 spiro atoms. The van der Waals surface area contributed by atoms with E-state index in [0.717, 1.165) is 26.1 Å². The van der Waals surface area contributed by atoms with E-state index in [1.807, 2.05) is 6.07 Å². The summed E-state index contributed by atoms with van der Waals surface area (Å²) in [5, 5.41) is 1.30. The maximum atomic E-state index is 10.9. The van der Waals surface area contributed by atoms with Crippen LogP contribution in [0.2, 0.25) is 0 Å². The summed E-state index contributed by atoms with van der Waals surface area (Å²) in [5.41, 5.74) is 3.81. The van der Waals surface area contributed by atoms with Crippen molar-refractivity contribution in [2.75, 3.05) is 19.3 Å². The van der Waals surface area contributed by atoms with Crippen molar-refractivity contribution in [3.05, 3.63) is 35.5 Å². The van der Waals surface area contributed by atoms with Gasteiger partial charge in [-0.25, -0.2) is 0 Å². The summed E-state index contributed by atoms with van der Waals surface area (Å²) in [5.74, 6) is 0. The molecule has 0 atom stereocenters. The van der Waals surface area contributed by atoms with Crippen LogP contribution in [-0.4, -0.2) is 38.9 Å². The Hall–Kier alpha value is -1.13. The predicted octanol–water partition coefficient (Wildman–Crippen LogP) is 2.09. The fourth-order valence-corrected chi connectivity index (χ4v) is 3.49. The van der Waals surface area contributed by atoms with E-state index in [-0.39, 0.29) is 6.16 Å². The standard InChI is InChI=1S/C14H19N2O3P/c17-20(18,19)9-3-7-16-8-6-12-11-4-1-2-5-13(11)15-14(12)10-16/h1-2,4-5,15H,3,6-10H2,(H2,17,18,19). The predicted molar refractivity (Wildman–Crippen MR) is 78.8 cm³/mol. The molecule has 6 heteroatoms. The number of para-hydroxylation sites is 1. The molecular formula is C14H19N2O3P. The molecule has 0 radical (unpaired) electrons. The first-order valence-electron chi connectivity index (χ1n) is 6.88. The van der Waals surface area contributed by atoms with Crippen LogP contribution in [0.5, 0.6) is 0 Å².